The molecule has 1 N–H and O–H groups in total. The second-order valence-corrected chi connectivity index (χ2v) is 7.75. The molecule has 5 heteroatoms. The van der Waals surface area contributed by atoms with Crippen LogP contribution in [0.5, 0.6) is 11.5 Å². The van der Waals surface area contributed by atoms with Crippen molar-refractivity contribution in [3.63, 3.8) is 0 Å². The number of likely N-dealkylation sites (N-methyl/N-ethyl adjacent to an activating group) is 1. The van der Waals surface area contributed by atoms with Gasteiger partial charge in [-0.3, -0.25) is 4.79 Å². The highest BCUT2D eigenvalue weighted by atomic mass is 16.5. The molecule has 5 nitrogen and oxygen atoms in total. The lowest BCUT2D eigenvalue weighted by Crippen LogP contribution is -2.38. The van der Waals surface area contributed by atoms with Crippen LogP contribution in [0.25, 0.3) is 10.9 Å². The van der Waals surface area contributed by atoms with Crippen LogP contribution in [-0.2, 0) is 4.79 Å². The summed E-state index contributed by atoms with van der Waals surface area (Å²) in [6.45, 7) is 4.54. The van der Waals surface area contributed by atoms with E-state index in [2.05, 4.69) is 11.1 Å². The zero-order valence-electron chi connectivity index (χ0n) is 18.7. The molecule has 1 amide bonds. The number of H-pyrrole nitrogens is 1. The van der Waals surface area contributed by atoms with Crippen LogP contribution in [0.1, 0.15) is 29.7 Å². The number of para-hydroxylation sites is 1. The fourth-order valence-electron chi connectivity index (χ4n) is 4.00. The van der Waals surface area contributed by atoms with Gasteiger partial charge < -0.3 is 19.4 Å². The number of ether oxygens (including phenoxy) is 2. The van der Waals surface area contributed by atoms with Gasteiger partial charge in [0.1, 0.15) is 11.5 Å². The summed E-state index contributed by atoms with van der Waals surface area (Å²) in [5.74, 6) is 1.40. The number of benzene rings is 3. The van der Waals surface area contributed by atoms with Crippen molar-refractivity contribution in [2.45, 2.75) is 19.9 Å². The van der Waals surface area contributed by atoms with Gasteiger partial charge in [0.2, 0.25) is 0 Å². The molecular weight excluding hydrogens is 400 g/mol. The summed E-state index contributed by atoms with van der Waals surface area (Å²) in [6.07, 6.45) is 2.00. The molecule has 0 saturated carbocycles. The molecule has 0 aliphatic heterocycles. The molecule has 4 rings (SSSR count). The quantitative estimate of drug-likeness (QED) is 0.403. The molecular formula is C27H28N2O3. The Bertz CT molecular complexity index is 1180. The topological polar surface area (TPSA) is 54.6 Å². The van der Waals surface area contributed by atoms with Crippen molar-refractivity contribution in [1.29, 1.82) is 0 Å². The maximum Gasteiger partial charge on any atom is 0.261 e. The van der Waals surface area contributed by atoms with E-state index in [-0.39, 0.29) is 18.6 Å². The van der Waals surface area contributed by atoms with Crippen molar-refractivity contribution < 1.29 is 14.3 Å². The Hall–Kier alpha value is -3.73. The predicted molar refractivity (Wildman–Crippen MR) is 127 cm³/mol. The summed E-state index contributed by atoms with van der Waals surface area (Å²) < 4.78 is 11.1. The maximum atomic E-state index is 13.3. The van der Waals surface area contributed by atoms with Gasteiger partial charge in [-0.2, -0.15) is 0 Å². The molecule has 0 fully saturated rings. The number of methoxy groups -OCH3 is 1. The van der Waals surface area contributed by atoms with Crippen LogP contribution in [-0.4, -0.2) is 36.1 Å². The van der Waals surface area contributed by atoms with Crippen molar-refractivity contribution >= 4 is 16.8 Å². The van der Waals surface area contributed by atoms with Gasteiger partial charge >= 0.3 is 0 Å². The molecule has 0 saturated heterocycles. The zero-order valence-corrected chi connectivity index (χ0v) is 18.7. The summed E-state index contributed by atoms with van der Waals surface area (Å²) in [7, 11) is 1.65. The number of hydrogen-bond donors (Lipinski definition) is 1. The van der Waals surface area contributed by atoms with Crippen LogP contribution in [0.15, 0.2) is 79.0 Å². The standard InChI is InChI=1S/C27H28N2O3/c1-4-29(26(30)18-32-22-13-9-19(2)10-14-22)27(20-11-15-21(31-3)16-12-20)24-17-28-25-8-6-5-7-23(24)25/h5-17,27-28H,4,18H2,1-3H3/t27-/m0/s1. The number of rotatable bonds is 8. The summed E-state index contributed by atoms with van der Waals surface area (Å²) in [6, 6.07) is 23.5. The van der Waals surface area contributed by atoms with E-state index >= 15 is 0 Å². The summed E-state index contributed by atoms with van der Waals surface area (Å²) in [5.41, 5.74) is 4.26. The van der Waals surface area contributed by atoms with E-state index in [0.717, 1.165) is 33.3 Å². The predicted octanol–water partition coefficient (Wildman–Crippen LogP) is 5.50. The van der Waals surface area contributed by atoms with Crippen LogP contribution in [0, 0.1) is 6.92 Å². The molecule has 3 aromatic carbocycles. The average molecular weight is 429 g/mol. The molecule has 1 aromatic heterocycles. The Morgan fingerprint density at radius 2 is 1.66 bits per heavy atom. The number of aromatic amines is 1. The van der Waals surface area contributed by atoms with E-state index in [1.165, 1.54) is 0 Å². The SMILES string of the molecule is CCN(C(=O)COc1ccc(C)cc1)[C@@H](c1ccc(OC)cc1)c1c[nH]c2ccccc12. The first-order valence-electron chi connectivity index (χ1n) is 10.8. The molecule has 0 aliphatic carbocycles. The molecule has 1 atom stereocenters. The van der Waals surface area contributed by atoms with Gasteiger partial charge in [-0.15, -0.1) is 0 Å². The Morgan fingerprint density at radius 3 is 2.34 bits per heavy atom. The molecule has 0 spiro atoms. The first-order chi connectivity index (χ1) is 15.6. The monoisotopic (exact) mass is 428 g/mol. The van der Waals surface area contributed by atoms with E-state index in [1.807, 2.05) is 91.7 Å². The average Bonchev–Trinajstić information content (AvgIpc) is 3.26. The molecule has 1 heterocycles. The number of amides is 1. The smallest absolute Gasteiger partial charge is 0.261 e. The van der Waals surface area contributed by atoms with Crippen molar-refractivity contribution in [3.8, 4) is 11.5 Å². The van der Waals surface area contributed by atoms with E-state index in [4.69, 9.17) is 9.47 Å². The second kappa shape index (κ2) is 9.60. The van der Waals surface area contributed by atoms with E-state index in [0.29, 0.717) is 12.3 Å². The van der Waals surface area contributed by atoms with Crippen LogP contribution in [0.4, 0.5) is 0 Å². The van der Waals surface area contributed by atoms with Crippen LogP contribution in [0.2, 0.25) is 0 Å². The van der Waals surface area contributed by atoms with Gasteiger partial charge in [0, 0.05) is 29.2 Å². The van der Waals surface area contributed by atoms with Gasteiger partial charge in [0.25, 0.3) is 5.91 Å². The fourth-order valence-corrected chi connectivity index (χ4v) is 4.00. The lowest BCUT2D eigenvalue weighted by molar-refractivity contribution is -0.134. The van der Waals surface area contributed by atoms with Crippen molar-refractivity contribution in [1.82, 2.24) is 9.88 Å². The van der Waals surface area contributed by atoms with Crippen molar-refractivity contribution in [3.05, 3.63) is 95.7 Å². The molecule has 32 heavy (non-hydrogen) atoms. The largest absolute Gasteiger partial charge is 0.497 e. The Balaban J connectivity index is 1.68. The zero-order chi connectivity index (χ0) is 22.5. The third-order valence-corrected chi connectivity index (χ3v) is 5.70. The number of aryl methyl sites for hydroxylation is 1. The number of fused-ring (bicyclic) bond motifs is 1. The van der Waals surface area contributed by atoms with E-state index in [9.17, 15) is 4.79 Å². The first kappa shape index (κ1) is 21.5. The van der Waals surface area contributed by atoms with Gasteiger partial charge in [0.15, 0.2) is 6.61 Å². The normalized spacial score (nSPS) is 11.8. The van der Waals surface area contributed by atoms with Gasteiger partial charge in [0.05, 0.1) is 13.2 Å². The number of carbonyl (C=O) groups excluding carboxylic acids is 1. The number of carbonyl (C=O) groups is 1. The van der Waals surface area contributed by atoms with Gasteiger partial charge in [-0.25, -0.2) is 0 Å². The molecule has 0 aliphatic rings. The molecule has 4 aromatic rings. The van der Waals surface area contributed by atoms with Crippen molar-refractivity contribution in [2.24, 2.45) is 0 Å². The molecule has 164 valence electrons. The van der Waals surface area contributed by atoms with E-state index < -0.39 is 0 Å². The Morgan fingerprint density at radius 1 is 0.969 bits per heavy atom. The molecule has 0 bridgehead atoms. The lowest BCUT2D eigenvalue weighted by atomic mass is 9.96. The third kappa shape index (κ3) is 4.47. The van der Waals surface area contributed by atoms with Crippen LogP contribution < -0.4 is 9.47 Å². The fraction of sp³-hybridized carbons (Fsp3) is 0.222. The highest BCUT2D eigenvalue weighted by Gasteiger charge is 2.28. The Labute approximate surface area is 188 Å². The number of nitrogens with one attached hydrogen (secondary N) is 1. The van der Waals surface area contributed by atoms with Gasteiger partial charge in [-0.1, -0.05) is 48.0 Å². The van der Waals surface area contributed by atoms with Crippen molar-refractivity contribution in [2.75, 3.05) is 20.3 Å². The molecule has 0 unspecified atom stereocenters. The summed E-state index contributed by atoms with van der Waals surface area (Å²) >= 11 is 0. The number of nitrogens with zero attached hydrogens (tertiary/aromatic N) is 1. The van der Waals surface area contributed by atoms with Gasteiger partial charge in [-0.05, 0) is 49.7 Å². The third-order valence-electron chi connectivity index (χ3n) is 5.70. The summed E-state index contributed by atoms with van der Waals surface area (Å²) in [5, 5.41) is 1.10. The van der Waals surface area contributed by atoms with Crippen LogP contribution in [0.3, 0.4) is 0 Å². The minimum Gasteiger partial charge on any atom is -0.497 e. The van der Waals surface area contributed by atoms with Crippen LogP contribution >= 0.6 is 0 Å². The maximum absolute atomic E-state index is 13.3. The minimum atomic E-state index is -0.254. The lowest BCUT2D eigenvalue weighted by Gasteiger charge is -2.31. The molecule has 0 radical (unpaired) electrons. The minimum absolute atomic E-state index is 0.0219. The number of hydrogen-bond acceptors (Lipinski definition) is 3. The Kier molecular flexibility index (Phi) is 6.45. The number of aromatic nitrogens is 1. The highest BCUT2D eigenvalue weighted by molar-refractivity contribution is 5.86. The first-order valence-corrected chi connectivity index (χ1v) is 10.8. The highest BCUT2D eigenvalue weighted by Crippen LogP contribution is 2.34. The van der Waals surface area contributed by atoms with E-state index in [1.54, 1.807) is 7.11 Å². The summed E-state index contributed by atoms with van der Waals surface area (Å²) in [4.78, 5) is 18.6. The second-order valence-electron chi connectivity index (χ2n) is 7.75.